The van der Waals surface area contributed by atoms with Gasteiger partial charge in [0.05, 0.1) is 29.9 Å². The van der Waals surface area contributed by atoms with Gasteiger partial charge in [0.2, 0.25) is 5.91 Å². The third-order valence-corrected chi connectivity index (χ3v) is 6.47. The highest BCUT2D eigenvalue weighted by molar-refractivity contribution is 5.97. The minimum absolute atomic E-state index is 0.105. The van der Waals surface area contributed by atoms with E-state index in [-0.39, 0.29) is 5.91 Å². The summed E-state index contributed by atoms with van der Waals surface area (Å²) in [6.07, 6.45) is 6.65. The Bertz CT molecular complexity index is 1900. The molecule has 0 fully saturated rings. The van der Waals surface area contributed by atoms with Gasteiger partial charge in [0.25, 0.3) is 0 Å². The third-order valence-electron chi connectivity index (χ3n) is 6.47. The standard InChI is InChI=1S/C29H25FN8O2/c1-29(2,3)28(39)34-19-8-16(12-31-14-19)17-10-22-24(37-38-25(22)33-13-17)27-35-23-21(5-6-32-26(23)36-27)15-7-18(30)11-20(9-15)40-4/h5-14H,1-4H3,(H,34,39)(H,32,35,36)(H,33,37,38). The summed E-state index contributed by atoms with van der Waals surface area (Å²) >= 11 is 0. The molecule has 0 saturated carbocycles. The molecule has 0 radical (unpaired) electrons. The number of anilines is 1. The number of benzene rings is 1. The lowest BCUT2D eigenvalue weighted by molar-refractivity contribution is -0.123. The quantitative estimate of drug-likeness (QED) is 0.255. The monoisotopic (exact) mass is 536 g/mol. The van der Waals surface area contributed by atoms with Crippen LogP contribution in [-0.4, -0.2) is 48.1 Å². The Morgan fingerprint density at radius 3 is 2.60 bits per heavy atom. The predicted octanol–water partition coefficient (Wildman–Crippen LogP) is 5.76. The zero-order valence-electron chi connectivity index (χ0n) is 22.2. The molecule has 3 N–H and O–H groups in total. The topological polar surface area (TPSA) is 134 Å². The van der Waals surface area contributed by atoms with Crippen LogP contribution >= 0.6 is 0 Å². The smallest absolute Gasteiger partial charge is 0.229 e. The summed E-state index contributed by atoms with van der Waals surface area (Å²) < 4.78 is 19.5. The molecule has 0 unspecified atom stereocenters. The van der Waals surface area contributed by atoms with E-state index in [4.69, 9.17) is 4.74 Å². The second-order valence-corrected chi connectivity index (χ2v) is 10.4. The highest BCUT2D eigenvalue weighted by Gasteiger charge is 2.22. The lowest BCUT2D eigenvalue weighted by Crippen LogP contribution is -2.27. The average molecular weight is 537 g/mol. The lowest BCUT2D eigenvalue weighted by Gasteiger charge is -2.17. The summed E-state index contributed by atoms with van der Waals surface area (Å²) in [5.74, 6) is 0.402. The minimum Gasteiger partial charge on any atom is -0.497 e. The number of ether oxygens (including phenoxy) is 1. The van der Waals surface area contributed by atoms with Gasteiger partial charge in [-0.1, -0.05) is 20.8 Å². The number of imidazole rings is 1. The summed E-state index contributed by atoms with van der Waals surface area (Å²) in [5.41, 5.74) is 5.21. The van der Waals surface area contributed by atoms with E-state index in [0.717, 1.165) is 22.1 Å². The minimum atomic E-state index is -0.537. The number of hydrogen-bond donors (Lipinski definition) is 3. The molecule has 6 rings (SSSR count). The normalized spacial score (nSPS) is 11.7. The fourth-order valence-corrected chi connectivity index (χ4v) is 4.33. The molecule has 0 spiro atoms. The number of pyridine rings is 3. The number of rotatable bonds is 5. The van der Waals surface area contributed by atoms with Gasteiger partial charge in [0.15, 0.2) is 17.1 Å². The van der Waals surface area contributed by atoms with Crippen molar-refractivity contribution in [3.8, 4) is 39.5 Å². The molecule has 0 aliphatic carbocycles. The lowest BCUT2D eigenvalue weighted by atomic mass is 9.95. The van der Waals surface area contributed by atoms with Crippen molar-refractivity contribution in [1.82, 2.24) is 35.1 Å². The largest absolute Gasteiger partial charge is 0.497 e. The molecule has 11 heteroatoms. The third kappa shape index (κ3) is 4.62. The van der Waals surface area contributed by atoms with Crippen molar-refractivity contribution in [3.63, 3.8) is 0 Å². The van der Waals surface area contributed by atoms with Crippen molar-refractivity contribution in [1.29, 1.82) is 0 Å². The number of methoxy groups -OCH3 is 1. The van der Waals surface area contributed by atoms with Gasteiger partial charge in [0, 0.05) is 46.8 Å². The van der Waals surface area contributed by atoms with Gasteiger partial charge in [-0.15, -0.1) is 0 Å². The van der Waals surface area contributed by atoms with Crippen LogP contribution in [0.1, 0.15) is 20.8 Å². The first-order chi connectivity index (χ1) is 19.2. The average Bonchev–Trinajstić information content (AvgIpc) is 3.56. The Labute approximate surface area is 228 Å². The van der Waals surface area contributed by atoms with E-state index in [9.17, 15) is 9.18 Å². The fraction of sp³-hybridized carbons (Fsp3) is 0.172. The fourth-order valence-electron chi connectivity index (χ4n) is 4.33. The van der Waals surface area contributed by atoms with E-state index < -0.39 is 11.2 Å². The second kappa shape index (κ2) is 9.53. The molecule has 0 bridgehead atoms. The molecule has 5 aromatic heterocycles. The van der Waals surface area contributed by atoms with Crippen molar-refractivity contribution in [2.75, 3.05) is 12.4 Å². The van der Waals surface area contributed by atoms with Crippen LogP contribution in [0.2, 0.25) is 0 Å². The van der Waals surface area contributed by atoms with Gasteiger partial charge in [-0.2, -0.15) is 5.10 Å². The van der Waals surface area contributed by atoms with Crippen LogP contribution in [0.5, 0.6) is 5.75 Å². The number of aromatic nitrogens is 7. The molecule has 200 valence electrons. The molecular formula is C29H25FN8O2. The van der Waals surface area contributed by atoms with Gasteiger partial charge in [-0.05, 0) is 35.9 Å². The number of aromatic amines is 2. The maximum atomic E-state index is 14.3. The van der Waals surface area contributed by atoms with Gasteiger partial charge in [-0.3, -0.25) is 14.9 Å². The molecule has 6 aromatic rings. The van der Waals surface area contributed by atoms with Gasteiger partial charge < -0.3 is 15.0 Å². The summed E-state index contributed by atoms with van der Waals surface area (Å²) in [4.78, 5) is 33.7. The SMILES string of the molecule is COc1cc(F)cc(-c2ccnc3nc(-c4[nH]nc5ncc(-c6cncc(NC(=O)C(C)(C)C)c6)cc45)[nH]c23)c1. The summed E-state index contributed by atoms with van der Waals surface area (Å²) in [6, 6.07) is 10.1. The molecule has 5 heterocycles. The molecule has 0 saturated heterocycles. The van der Waals surface area contributed by atoms with Crippen LogP contribution in [0.25, 0.3) is 56.0 Å². The number of hydrogen-bond acceptors (Lipinski definition) is 7. The van der Waals surface area contributed by atoms with Crippen molar-refractivity contribution < 1.29 is 13.9 Å². The molecule has 0 atom stereocenters. The summed E-state index contributed by atoms with van der Waals surface area (Å²) in [5, 5.41) is 11.0. The number of fused-ring (bicyclic) bond motifs is 2. The Hall–Kier alpha value is -5.19. The number of nitrogens with one attached hydrogen (secondary N) is 3. The molecule has 0 aliphatic rings. The van der Waals surface area contributed by atoms with Gasteiger partial charge in [0.1, 0.15) is 17.3 Å². The first-order valence-corrected chi connectivity index (χ1v) is 12.5. The van der Waals surface area contributed by atoms with Crippen molar-refractivity contribution in [2.24, 2.45) is 5.41 Å². The zero-order valence-corrected chi connectivity index (χ0v) is 22.2. The van der Waals surface area contributed by atoms with Crippen molar-refractivity contribution in [3.05, 3.63) is 67.0 Å². The summed E-state index contributed by atoms with van der Waals surface area (Å²) in [6.45, 7) is 5.55. The van der Waals surface area contributed by atoms with Crippen LogP contribution in [0.3, 0.4) is 0 Å². The van der Waals surface area contributed by atoms with E-state index in [0.29, 0.717) is 45.3 Å². The maximum Gasteiger partial charge on any atom is 0.229 e. The molecule has 40 heavy (non-hydrogen) atoms. The van der Waals surface area contributed by atoms with Crippen molar-refractivity contribution in [2.45, 2.75) is 20.8 Å². The van der Waals surface area contributed by atoms with Crippen LogP contribution in [0.4, 0.5) is 10.1 Å². The highest BCUT2D eigenvalue weighted by atomic mass is 19.1. The first-order valence-electron chi connectivity index (χ1n) is 12.5. The summed E-state index contributed by atoms with van der Waals surface area (Å²) in [7, 11) is 1.49. The maximum absolute atomic E-state index is 14.3. The number of H-pyrrole nitrogens is 2. The van der Waals surface area contributed by atoms with E-state index >= 15 is 0 Å². The second-order valence-electron chi connectivity index (χ2n) is 10.4. The van der Waals surface area contributed by atoms with Crippen LogP contribution in [0.15, 0.2) is 61.2 Å². The van der Waals surface area contributed by atoms with Crippen LogP contribution in [0, 0.1) is 11.2 Å². The van der Waals surface area contributed by atoms with E-state index in [2.05, 4.69) is 40.4 Å². The molecule has 1 amide bonds. The molecule has 1 aromatic carbocycles. The highest BCUT2D eigenvalue weighted by Crippen LogP contribution is 2.33. The van der Waals surface area contributed by atoms with Gasteiger partial charge in [-0.25, -0.2) is 19.3 Å². The number of amides is 1. The predicted molar refractivity (Wildman–Crippen MR) is 150 cm³/mol. The van der Waals surface area contributed by atoms with Crippen molar-refractivity contribution >= 4 is 33.8 Å². The Balaban J connectivity index is 1.40. The number of carbonyl (C=O) groups is 1. The Morgan fingerprint density at radius 2 is 1.80 bits per heavy atom. The molecular weight excluding hydrogens is 511 g/mol. The zero-order chi connectivity index (χ0) is 28.0. The van der Waals surface area contributed by atoms with E-state index in [1.54, 1.807) is 36.9 Å². The Morgan fingerprint density at radius 1 is 0.975 bits per heavy atom. The van der Waals surface area contributed by atoms with E-state index in [1.807, 2.05) is 32.9 Å². The number of nitrogens with zero attached hydrogens (tertiary/aromatic N) is 5. The van der Waals surface area contributed by atoms with Crippen LogP contribution < -0.4 is 10.1 Å². The van der Waals surface area contributed by atoms with E-state index in [1.165, 1.54) is 19.2 Å². The number of halogens is 1. The molecule has 0 aliphatic heterocycles. The number of carbonyl (C=O) groups excluding carboxylic acids is 1. The first kappa shape index (κ1) is 25.1. The Kier molecular flexibility index (Phi) is 5.98. The molecule has 10 nitrogen and oxygen atoms in total. The van der Waals surface area contributed by atoms with Gasteiger partial charge >= 0.3 is 0 Å². The van der Waals surface area contributed by atoms with Crippen LogP contribution in [-0.2, 0) is 4.79 Å².